The second-order valence-corrected chi connectivity index (χ2v) is 4.27. The summed E-state index contributed by atoms with van der Waals surface area (Å²) in [7, 11) is 0. The molecule has 2 rings (SSSR count). The van der Waals surface area contributed by atoms with Gasteiger partial charge in [0.05, 0.1) is 9.90 Å². The van der Waals surface area contributed by atoms with Gasteiger partial charge in [-0.05, 0) is 29.6 Å². The average molecular weight is 298 g/mol. The summed E-state index contributed by atoms with van der Waals surface area (Å²) in [4.78, 5) is 0.969. The summed E-state index contributed by atoms with van der Waals surface area (Å²) in [6.45, 7) is 0. The summed E-state index contributed by atoms with van der Waals surface area (Å²) in [6.07, 6.45) is 0. The molecule has 2 aromatic rings. The number of rotatable bonds is 1. The van der Waals surface area contributed by atoms with Gasteiger partial charge in [-0.2, -0.15) is 0 Å². The number of nitrogens with two attached hydrogens (primary N) is 2. The van der Waals surface area contributed by atoms with Gasteiger partial charge >= 0.3 is 0 Å². The first-order valence-corrected chi connectivity index (χ1v) is 5.32. The van der Waals surface area contributed by atoms with Crippen molar-refractivity contribution < 1.29 is 0 Å². The molecule has 0 fully saturated rings. The van der Waals surface area contributed by atoms with Crippen LogP contribution in [-0.4, -0.2) is 0 Å². The van der Waals surface area contributed by atoms with E-state index < -0.39 is 0 Å². The van der Waals surface area contributed by atoms with Crippen LogP contribution >= 0.6 is 47.8 Å². The van der Waals surface area contributed by atoms with Crippen molar-refractivity contribution in [1.29, 1.82) is 0 Å². The third-order valence-electron chi connectivity index (χ3n) is 1.94. The molecule has 1 heterocycles. The lowest BCUT2D eigenvalue weighted by atomic mass is 10.1. The Morgan fingerprint density at radius 1 is 1.06 bits per heavy atom. The molecular weight excluding hydrogens is 287 g/mol. The molecule has 0 unspecified atom stereocenters. The summed E-state index contributed by atoms with van der Waals surface area (Å²) in [6, 6.07) is 7.26. The molecule has 16 heavy (non-hydrogen) atoms. The van der Waals surface area contributed by atoms with E-state index in [4.69, 9.17) is 23.1 Å². The van der Waals surface area contributed by atoms with Gasteiger partial charge in [-0.15, -0.1) is 36.2 Å². The molecule has 0 amide bonds. The van der Waals surface area contributed by atoms with Gasteiger partial charge in [-0.1, -0.05) is 11.6 Å². The quantitative estimate of drug-likeness (QED) is 0.779. The zero-order chi connectivity index (χ0) is 10.1. The van der Waals surface area contributed by atoms with Crippen LogP contribution in [0.1, 0.15) is 0 Å². The van der Waals surface area contributed by atoms with Crippen molar-refractivity contribution >= 4 is 59.1 Å². The van der Waals surface area contributed by atoms with Crippen LogP contribution in [0.15, 0.2) is 29.6 Å². The summed E-state index contributed by atoms with van der Waals surface area (Å²) in [5.41, 5.74) is 13.8. The second-order valence-electron chi connectivity index (χ2n) is 2.94. The number of nitrogen functional groups attached to an aromatic ring is 2. The number of benzene rings is 1. The SMILES string of the molecule is Cl.Cl.Nc1ccc(N)c(-c2sccc2Cl)c1. The Kier molecular flexibility index (Phi) is 5.97. The van der Waals surface area contributed by atoms with Gasteiger partial charge in [-0.3, -0.25) is 0 Å². The monoisotopic (exact) mass is 296 g/mol. The van der Waals surface area contributed by atoms with Gasteiger partial charge in [0, 0.05) is 16.9 Å². The molecule has 0 aliphatic heterocycles. The highest BCUT2D eigenvalue weighted by molar-refractivity contribution is 7.14. The van der Waals surface area contributed by atoms with Crippen molar-refractivity contribution in [3.05, 3.63) is 34.7 Å². The molecule has 0 bridgehead atoms. The minimum atomic E-state index is 0. The number of thiophene rings is 1. The van der Waals surface area contributed by atoms with E-state index in [0.717, 1.165) is 10.4 Å². The third-order valence-corrected chi connectivity index (χ3v) is 3.31. The maximum atomic E-state index is 6.01. The second kappa shape index (κ2) is 6.21. The van der Waals surface area contributed by atoms with Gasteiger partial charge in [0.25, 0.3) is 0 Å². The fourth-order valence-electron chi connectivity index (χ4n) is 1.26. The van der Waals surface area contributed by atoms with E-state index in [-0.39, 0.29) is 24.8 Å². The number of halogens is 3. The Hall–Kier alpha value is -0.610. The van der Waals surface area contributed by atoms with Crippen LogP contribution in [0.5, 0.6) is 0 Å². The van der Waals surface area contributed by atoms with Crippen molar-refractivity contribution in [2.45, 2.75) is 0 Å². The van der Waals surface area contributed by atoms with Crippen LogP contribution in [-0.2, 0) is 0 Å². The van der Waals surface area contributed by atoms with E-state index in [1.807, 2.05) is 17.5 Å². The summed E-state index contributed by atoms with van der Waals surface area (Å²) >= 11 is 7.57. The largest absolute Gasteiger partial charge is 0.399 e. The topological polar surface area (TPSA) is 52.0 Å². The maximum absolute atomic E-state index is 6.01. The summed E-state index contributed by atoms with van der Waals surface area (Å²) in [5, 5.41) is 2.65. The van der Waals surface area contributed by atoms with Crippen LogP contribution < -0.4 is 11.5 Å². The molecule has 0 saturated carbocycles. The Morgan fingerprint density at radius 3 is 2.31 bits per heavy atom. The standard InChI is InChI=1S/C10H9ClN2S.2ClH/c11-8-3-4-14-10(8)7-5-6(12)1-2-9(7)13;;/h1-5H,12-13H2;2*1H. The maximum Gasteiger partial charge on any atom is 0.0593 e. The van der Waals surface area contributed by atoms with Gasteiger partial charge in [0.2, 0.25) is 0 Å². The smallest absolute Gasteiger partial charge is 0.0593 e. The molecular formula is C10H11Cl3N2S. The van der Waals surface area contributed by atoms with E-state index in [1.165, 1.54) is 0 Å². The zero-order valence-electron chi connectivity index (χ0n) is 8.14. The van der Waals surface area contributed by atoms with E-state index in [1.54, 1.807) is 23.5 Å². The normalized spacial score (nSPS) is 9.06. The van der Waals surface area contributed by atoms with Crippen molar-refractivity contribution in [1.82, 2.24) is 0 Å². The zero-order valence-corrected chi connectivity index (χ0v) is 11.3. The highest BCUT2D eigenvalue weighted by Crippen LogP contribution is 2.37. The average Bonchev–Trinajstić information content (AvgIpc) is 2.56. The van der Waals surface area contributed by atoms with Gasteiger partial charge in [0.15, 0.2) is 0 Å². The van der Waals surface area contributed by atoms with E-state index in [0.29, 0.717) is 16.4 Å². The minimum Gasteiger partial charge on any atom is -0.399 e. The molecule has 0 aliphatic rings. The molecule has 1 aromatic heterocycles. The number of hydrogen-bond acceptors (Lipinski definition) is 3. The predicted octanol–water partition coefficient (Wildman–Crippen LogP) is 4.08. The molecule has 2 nitrogen and oxygen atoms in total. The molecule has 6 heteroatoms. The van der Waals surface area contributed by atoms with Crippen molar-refractivity contribution in [3.63, 3.8) is 0 Å². The highest BCUT2D eigenvalue weighted by Gasteiger charge is 2.08. The lowest BCUT2D eigenvalue weighted by Crippen LogP contribution is -1.91. The lowest BCUT2D eigenvalue weighted by molar-refractivity contribution is 1.66. The van der Waals surface area contributed by atoms with E-state index in [9.17, 15) is 0 Å². The first-order chi connectivity index (χ1) is 6.68. The number of anilines is 2. The van der Waals surface area contributed by atoms with Crippen LogP contribution in [0, 0.1) is 0 Å². The predicted molar refractivity (Wildman–Crippen MR) is 78.1 cm³/mol. The Labute approximate surface area is 115 Å². The van der Waals surface area contributed by atoms with Crippen LogP contribution in [0.4, 0.5) is 11.4 Å². The van der Waals surface area contributed by atoms with Crippen molar-refractivity contribution in [2.75, 3.05) is 11.5 Å². The van der Waals surface area contributed by atoms with E-state index >= 15 is 0 Å². The van der Waals surface area contributed by atoms with E-state index in [2.05, 4.69) is 0 Å². The number of hydrogen-bond donors (Lipinski definition) is 2. The molecule has 0 atom stereocenters. The Bertz CT molecular complexity index is 471. The molecule has 4 N–H and O–H groups in total. The van der Waals surface area contributed by atoms with Crippen molar-refractivity contribution in [2.24, 2.45) is 0 Å². The minimum absolute atomic E-state index is 0. The molecule has 0 aliphatic carbocycles. The summed E-state index contributed by atoms with van der Waals surface area (Å²) < 4.78 is 0. The lowest BCUT2D eigenvalue weighted by Gasteiger charge is -2.04. The highest BCUT2D eigenvalue weighted by atomic mass is 35.5. The van der Waals surface area contributed by atoms with Crippen LogP contribution in [0.3, 0.4) is 0 Å². The van der Waals surface area contributed by atoms with Crippen LogP contribution in [0.2, 0.25) is 5.02 Å². The fourth-order valence-corrected chi connectivity index (χ4v) is 2.45. The first-order valence-electron chi connectivity index (χ1n) is 4.07. The van der Waals surface area contributed by atoms with Gasteiger partial charge in [0.1, 0.15) is 0 Å². The Balaban J connectivity index is 0.00000112. The van der Waals surface area contributed by atoms with Gasteiger partial charge < -0.3 is 11.5 Å². The van der Waals surface area contributed by atoms with Gasteiger partial charge in [-0.25, -0.2) is 0 Å². The molecule has 0 radical (unpaired) electrons. The summed E-state index contributed by atoms with van der Waals surface area (Å²) in [5.74, 6) is 0. The van der Waals surface area contributed by atoms with Crippen molar-refractivity contribution in [3.8, 4) is 10.4 Å². The molecule has 0 saturated heterocycles. The first kappa shape index (κ1) is 15.4. The molecule has 88 valence electrons. The molecule has 1 aromatic carbocycles. The molecule has 0 spiro atoms. The Morgan fingerprint density at radius 2 is 1.75 bits per heavy atom. The fraction of sp³-hybridized carbons (Fsp3) is 0. The van der Waals surface area contributed by atoms with Crippen LogP contribution in [0.25, 0.3) is 10.4 Å². The third kappa shape index (κ3) is 2.95.